The first-order valence-electron chi connectivity index (χ1n) is 11.0. The van der Waals surface area contributed by atoms with E-state index in [4.69, 9.17) is 4.74 Å². The summed E-state index contributed by atoms with van der Waals surface area (Å²) in [4.78, 5) is 38.6. The molecular formula is C24H30N4O5. The molecule has 3 rings (SSSR count). The van der Waals surface area contributed by atoms with Crippen molar-refractivity contribution in [2.24, 2.45) is 0 Å². The fourth-order valence-corrected chi connectivity index (χ4v) is 3.54. The van der Waals surface area contributed by atoms with Crippen LogP contribution in [0.2, 0.25) is 0 Å². The molecule has 1 aliphatic heterocycles. The van der Waals surface area contributed by atoms with Crippen LogP contribution in [-0.4, -0.2) is 67.1 Å². The van der Waals surface area contributed by atoms with E-state index in [2.05, 4.69) is 20.9 Å². The van der Waals surface area contributed by atoms with Crippen LogP contribution < -0.4 is 16.0 Å². The van der Waals surface area contributed by atoms with Crippen molar-refractivity contribution in [3.8, 4) is 0 Å². The molecule has 1 fully saturated rings. The number of nitrogens with zero attached hydrogens (tertiary/aromatic N) is 1. The van der Waals surface area contributed by atoms with Gasteiger partial charge in [-0.3, -0.25) is 19.3 Å². The monoisotopic (exact) mass is 454 g/mol. The molecule has 176 valence electrons. The molecule has 0 unspecified atom stereocenters. The molecule has 3 amide bonds. The van der Waals surface area contributed by atoms with Gasteiger partial charge in [0.1, 0.15) is 0 Å². The zero-order valence-corrected chi connectivity index (χ0v) is 18.7. The van der Waals surface area contributed by atoms with E-state index in [0.29, 0.717) is 34.6 Å². The van der Waals surface area contributed by atoms with Crippen molar-refractivity contribution < 1.29 is 24.2 Å². The molecule has 1 saturated heterocycles. The Bertz CT molecular complexity index is 971. The predicted molar refractivity (Wildman–Crippen MR) is 125 cm³/mol. The summed E-state index contributed by atoms with van der Waals surface area (Å²) < 4.78 is 5.33. The fraction of sp³-hybridized carbons (Fsp3) is 0.375. The van der Waals surface area contributed by atoms with E-state index in [1.165, 1.54) is 6.92 Å². The molecule has 0 aliphatic carbocycles. The average Bonchev–Trinajstić information content (AvgIpc) is 2.81. The lowest BCUT2D eigenvalue weighted by atomic mass is 10.1. The SMILES string of the molecule is CC(=O)Nc1cc(CO)cc(NC(=O)c2ccc(C(=O)NCCCN3CCOCC3)cc2)c1. The Morgan fingerprint density at radius 3 is 2.15 bits per heavy atom. The molecule has 0 saturated carbocycles. The van der Waals surface area contributed by atoms with Crippen molar-refractivity contribution in [2.45, 2.75) is 20.0 Å². The van der Waals surface area contributed by atoms with E-state index in [-0.39, 0.29) is 24.3 Å². The lowest BCUT2D eigenvalue weighted by Crippen LogP contribution is -2.38. The quantitative estimate of drug-likeness (QED) is 0.429. The third kappa shape index (κ3) is 7.67. The second-order valence-electron chi connectivity index (χ2n) is 7.85. The van der Waals surface area contributed by atoms with Crippen LogP contribution in [0, 0.1) is 0 Å². The minimum Gasteiger partial charge on any atom is -0.392 e. The van der Waals surface area contributed by atoms with Crippen molar-refractivity contribution >= 4 is 29.1 Å². The fourth-order valence-electron chi connectivity index (χ4n) is 3.54. The summed E-state index contributed by atoms with van der Waals surface area (Å²) in [5.74, 6) is -0.798. The summed E-state index contributed by atoms with van der Waals surface area (Å²) >= 11 is 0. The number of benzene rings is 2. The summed E-state index contributed by atoms with van der Waals surface area (Å²) in [7, 11) is 0. The molecule has 1 aliphatic rings. The third-order valence-corrected chi connectivity index (χ3v) is 5.20. The van der Waals surface area contributed by atoms with Crippen LogP contribution in [0.25, 0.3) is 0 Å². The Labute approximate surface area is 193 Å². The van der Waals surface area contributed by atoms with Crippen LogP contribution >= 0.6 is 0 Å². The highest BCUT2D eigenvalue weighted by atomic mass is 16.5. The van der Waals surface area contributed by atoms with E-state index in [0.717, 1.165) is 39.3 Å². The maximum absolute atomic E-state index is 12.6. The number of morpholine rings is 1. The number of carbonyl (C=O) groups is 3. The highest BCUT2D eigenvalue weighted by Gasteiger charge is 2.12. The summed E-state index contributed by atoms with van der Waals surface area (Å²) in [5.41, 5.74) is 2.34. The van der Waals surface area contributed by atoms with Crippen molar-refractivity contribution in [1.82, 2.24) is 10.2 Å². The van der Waals surface area contributed by atoms with Crippen LogP contribution in [0.15, 0.2) is 42.5 Å². The van der Waals surface area contributed by atoms with Crippen LogP contribution in [0.4, 0.5) is 11.4 Å². The summed E-state index contributed by atoms with van der Waals surface area (Å²) in [6.07, 6.45) is 0.861. The molecule has 1 heterocycles. The van der Waals surface area contributed by atoms with Crippen molar-refractivity contribution in [2.75, 3.05) is 50.0 Å². The lowest BCUT2D eigenvalue weighted by molar-refractivity contribution is -0.114. The number of amides is 3. The molecule has 0 bridgehead atoms. The Kier molecular flexibility index (Phi) is 8.94. The Hall–Kier alpha value is -3.27. The number of aliphatic hydroxyl groups excluding tert-OH is 1. The molecule has 2 aromatic carbocycles. The van der Waals surface area contributed by atoms with E-state index in [1.807, 2.05) is 0 Å². The number of hydrogen-bond donors (Lipinski definition) is 4. The highest BCUT2D eigenvalue weighted by Crippen LogP contribution is 2.20. The molecule has 0 radical (unpaired) electrons. The van der Waals surface area contributed by atoms with Gasteiger partial charge in [0.25, 0.3) is 11.8 Å². The molecule has 33 heavy (non-hydrogen) atoms. The number of carbonyl (C=O) groups excluding carboxylic acids is 3. The third-order valence-electron chi connectivity index (χ3n) is 5.20. The van der Waals surface area contributed by atoms with Gasteiger partial charge in [0.2, 0.25) is 5.91 Å². The largest absolute Gasteiger partial charge is 0.392 e. The van der Waals surface area contributed by atoms with Crippen LogP contribution in [0.3, 0.4) is 0 Å². The summed E-state index contributed by atoms with van der Waals surface area (Å²) in [6.45, 7) is 6.02. The predicted octanol–water partition coefficient (Wildman–Crippen LogP) is 1.84. The van der Waals surface area contributed by atoms with Gasteiger partial charge in [-0.1, -0.05) is 0 Å². The maximum Gasteiger partial charge on any atom is 0.255 e. The van der Waals surface area contributed by atoms with Crippen LogP contribution in [0.5, 0.6) is 0 Å². The highest BCUT2D eigenvalue weighted by molar-refractivity contribution is 6.05. The first kappa shape index (κ1) is 24.4. The summed E-state index contributed by atoms with van der Waals surface area (Å²) in [6, 6.07) is 11.3. The summed E-state index contributed by atoms with van der Waals surface area (Å²) in [5, 5.41) is 17.7. The Balaban J connectivity index is 1.52. The molecule has 9 heteroatoms. The normalized spacial score (nSPS) is 13.9. The van der Waals surface area contributed by atoms with Gasteiger partial charge in [0.05, 0.1) is 19.8 Å². The van der Waals surface area contributed by atoms with Crippen LogP contribution in [0.1, 0.15) is 39.6 Å². The van der Waals surface area contributed by atoms with Gasteiger partial charge in [-0.25, -0.2) is 0 Å². The van der Waals surface area contributed by atoms with Gasteiger partial charge in [-0.05, 0) is 61.0 Å². The van der Waals surface area contributed by atoms with Crippen LogP contribution in [-0.2, 0) is 16.1 Å². The van der Waals surface area contributed by atoms with Crippen molar-refractivity contribution in [1.29, 1.82) is 0 Å². The second kappa shape index (κ2) is 12.1. The number of ether oxygens (including phenoxy) is 1. The zero-order chi connectivity index (χ0) is 23.6. The standard InChI is InChI=1S/C24H30N4O5/c1-17(30)26-21-13-18(16-29)14-22(15-21)27-24(32)20-5-3-19(4-6-20)23(31)25-7-2-8-28-9-11-33-12-10-28/h3-6,13-15,29H,2,7-12,16H2,1H3,(H,25,31)(H,26,30)(H,27,32). The minimum absolute atomic E-state index is 0.181. The molecule has 9 nitrogen and oxygen atoms in total. The lowest BCUT2D eigenvalue weighted by Gasteiger charge is -2.26. The van der Waals surface area contributed by atoms with Gasteiger partial charge in [0, 0.05) is 49.1 Å². The Morgan fingerprint density at radius 1 is 0.939 bits per heavy atom. The number of anilines is 2. The minimum atomic E-state index is -0.365. The smallest absolute Gasteiger partial charge is 0.255 e. The number of rotatable bonds is 9. The number of hydrogen-bond acceptors (Lipinski definition) is 6. The van der Waals surface area contributed by atoms with E-state index in [9.17, 15) is 19.5 Å². The molecule has 2 aromatic rings. The first-order chi connectivity index (χ1) is 15.9. The molecule has 0 aromatic heterocycles. The zero-order valence-electron chi connectivity index (χ0n) is 18.7. The number of aliphatic hydroxyl groups is 1. The van der Waals surface area contributed by atoms with Gasteiger partial charge >= 0.3 is 0 Å². The molecule has 4 N–H and O–H groups in total. The van der Waals surface area contributed by atoms with Crippen molar-refractivity contribution in [3.05, 3.63) is 59.2 Å². The van der Waals surface area contributed by atoms with Gasteiger partial charge in [0.15, 0.2) is 0 Å². The van der Waals surface area contributed by atoms with Gasteiger partial charge in [-0.15, -0.1) is 0 Å². The van der Waals surface area contributed by atoms with E-state index < -0.39 is 0 Å². The first-order valence-corrected chi connectivity index (χ1v) is 11.0. The van der Waals surface area contributed by atoms with Crippen molar-refractivity contribution in [3.63, 3.8) is 0 Å². The van der Waals surface area contributed by atoms with Gasteiger partial charge in [-0.2, -0.15) is 0 Å². The average molecular weight is 455 g/mol. The molecular weight excluding hydrogens is 424 g/mol. The van der Waals surface area contributed by atoms with E-state index >= 15 is 0 Å². The Morgan fingerprint density at radius 2 is 1.55 bits per heavy atom. The molecule has 0 spiro atoms. The molecule has 0 atom stereocenters. The number of nitrogens with one attached hydrogen (secondary N) is 3. The van der Waals surface area contributed by atoms with Gasteiger partial charge < -0.3 is 25.8 Å². The van der Waals surface area contributed by atoms with E-state index in [1.54, 1.807) is 42.5 Å². The maximum atomic E-state index is 12.6. The second-order valence-corrected chi connectivity index (χ2v) is 7.85. The topological polar surface area (TPSA) is 120 Å².